The number of allylic oxidation sites excluding steroid dienone is 5. The van der Waals surface area contributed by atoms with Gasteiger partial charge in [-0.05, 0) is 30.7 Å². The minimum atomic E-state index is -4.32. The zero-order chi connectivity index (χ0) is 20.3. The van der Waals surface area contributed by atoms with Gasteiger partial charge in [-0.2, -0.15) is 24.9 Å². The molecule has 0 bridgehead atoms. The lowest BCUT2D eigenvalue weighted by Gasteiger charge is -2.38. The van der Waals surface area contributed by atoms with Crippen molar-refractivity contribution in [1.82, 2.24) is 4.90 Å². The number of thioether (sulfide) groups is 1. The number of halogens is 3. The fraction of sp³-hybridized carbons (Fsp3) is 0.727. The van der Waals surface area contributed by atoms with Crippen molar-refractivity contribution in [1.29, 1.82) is 0 Å². The third-order valence-corrected chi connectivity index (χ3v) is 7.26. The van der Waals surface area contributed by atoms with Crippen LogP contribution in [0.3, 0.4) is 0 Å². The quantitative estimate of drug-likeness (QED) is 0.428. The van der Waals surface area contributed by atoms with E-state index in [9.17, 15) is 13.2 Å². The molecule has 2 saturated heterocycles. The molecule has 2 aliphatic heterocycles. The van der Waals surface area contributed by atoms with Gasteiger partial charge in [0.2, 0.25) is 0 Å². The normalized spacial score (nSPS) is 22.4. The maximum absolute atomic E-state index is 13.2. The molecule has 0 aliphatic carbocycles. The summed E-state index contributed by atoms with van der Waals surface area (Å²) in [5.74, 6) is 2.47. The summed E-state index contributed by atoms with van der Waals surface area (Å²) in [6.07, 6.45) is 2.42. The van der Waals surface area contributed by atoms with E-state index < -0.39 is 11.7 Å². The maximum Gasteiger partial charge on any atom is 0.416 e. The molecule has 0 N–H and O–H groups in total. The van der Waals surface area contributed by atoms with Gasteiger partial charge in [0, 0.05) is 30.0 Å². The second-order valence-corrected chi connectivity index (χ2v) is 10.3. The highest BCUT2D eigenvalue weighted by Crippen LogP contribution is 2.45. The molecule has 5 heteroatoms. The van der Waals surface area contributed by atoms with Crippen LogP contribution in [0.25, 0.3) is 0 Å². The summed E-state index contributed by atoms with van der Waals surface area (Å²) in [6, 6.07) is 0. The second-order valence-electron chi connectivity index (χ2n) is 9.29. The van der Waals surface area contributed by atoms with Crippen molar-refractivity contribution in [3.8, 4) is 0 Å². The molecule has 0 unspecified atom stereocenters. The lowest BCUT2D eigenvalue weighted by molar-refractivity contribution is -0.0886. The van der Waals surface area contributed by atoms with Gasteiger partial charge < -0.3 is 4.90 Å². The maximum atomic E-state index is 13.2. The van der Waals surface area contributed by atoms with Crippen molar-refractivity contribution in [2.75, 3.05) is 31.1 Å². The van der Waals surface area contributed by atoms with Crippen molar-refractivity contribution in [3.05, 3.63) is 36.0 Å². The van der Waals surface area contributed by atoms with Crippen molar-refractivity contribution in [2.45, 2.75) is 53.1 Å². The summed E-state index contributed by atoms with van der Waals surface area (Å²) >= 11 is 2.03. The summed E-state index contributed by atoms with van der Waals surface area (Å²) < 4.78 is 39.7. The van der Waals surface area contributed by atoms with E-state index in [0.717, 1.165) is 18.7 Å². The van der Waals surface area contributed by atoms with Crippen molar-refractivity contribution < 1.29 is 13.2 Å². The van der Waals surface area contributed by atoms with Crippen LogP contribution < -0.4 is 0 Å². The zero-order valence-electron chi connectivity index (χ0n) is 17.2. The summed E-state index contributed by atoms with van der Waals surface area (Å²) in [5, 5.41) is 0. The van der Waals surface area contributed by atoms with Crippen molar-refractivity contribution in [3.63, 3.8) is 0 Å². The second kappa shape index (κ2) is 8.77. The van der Waals surface area contributed by atoms with E-state index in [4.69, 9.17) is 0 Å². The fourth-order valence-electron chi connectivity index (χ4n) is 4.00. The third kappa shape index (κ3) is 6.70. The number of rotatable bonds is 8. The molecule has 2 aliphatic rings. The summed E-state index contributed by atoms with van der Waals surface area (Å²) in [7, 11) is 0. The first-order valence-corrected chi connectivity index (χ1v) is 11.1. The Morgan fingerprint density at radius 1 is 1.26 bits per heavy atom. The summed E-state index contributed by atoms with van der Waals surface area (Å²) in [4.78, 5) is 2.53. The highest BCUT2D eigenvalue weighted by atomic mass is 32.2. The van der Waals surface area contributed by atoms with Crippen LogP contribution in [0.5, 0.6) is 0 Å². The standard InChI is InChI=1S/C22H34F3NS/c1-6-17(2)11-19(22(23,24)25)8-7-18(3)12-20(4,5)13-26-10-9-21(14-26)15-27-16-21/h7-8,11,17H,3,6,9-10,12-16H2,1-2,4-5H3/b8-7-,19-11+/t17-/m1/s1. The molecule has 2 heterocycles. The first kappa shape index (κ1) is 22.6. The molecule has 27 heavy (non-hydrogen) atoms. The first-order valence-electron chi connectivity index (χ1n) is 9.90. The fourth-order valence-corrected chi connectivity index (χ4v) is 5.25. The van der Waals surface area contributed by atoms with Gasteiger partial charge in [0.1, 0.15) is 0 Å². The molecule has 0 aromatic heterocycles. The zero-order valence-corrected chi connectivity index (χ0v) is 18.0. The van der Waals surface area contributed by atoms with E-state index in [1.54, 1.807) is 13.0 Å². The molecular formula is C22H34F3NS. The Morgan fingerprint density at radius 2 is 1.93 bits per heavy atom. The van der Waals surface area contributed by atoms with Gasteiger partial charge in [-0.25, -0.2) is 0 Å². The predicted octanol–water partition coefficient (Wildman–Crippen LogP) is 6.49. The minimum absolute atomic E-state index is 0.00264. The third-order valence-electron chi connectivity index (χ3n) is 5.63. The molecule has 0 aromatic carbocycles. The Bertz CT molecular complexity index is 585. The summed E-state index contributed by atoms with van der Waals surface area (Å²) in [6.45, 7) is 15.4. The van der Waals surface area contributed by atoms with Gasteiger partial charge in [-0.1, -0.05) is 64.5 Å². The monoisotopic (exact) mass is 401 g/mol. The van der Waals surface area contributed by atoms with E-state index in [-0.39, 0.29) is 11.3 Å². The lowest BCUT2D eigenvalue weighted by atomic mass is 9.85. The average molecular weight is 402 g/mol. The van der Waals surface area contributed by atoms with Crippen LogP contribution in [0, 0.1) is 16.7 Å². The Morgan fingerprint density at radius 3 is 2.41 bits per heavy atom. The molecule has 154 valence electrons. The van der Waals surface area contributed by atoms with Crippen LogP contribution in [-0.4, -0.2) is 42.2 Å². The largest absolute Gasteiger partial charge is 0.416 e. The Kier molecular flexibility index (Phi) is 7.34. The number of nitrogens with zero attached hydrogens (tertiary/aromatic N) is 1. The van der Waals surface area contributed by atoms with E-state index in [1.165, 1.54) is 36.6 Å². The van der Waals surface area contributed by atoms with E-state index in [1.807, 2.05) is 18.7 Å². The Hall–Kier alpha value is -0.680. The van der Waals surface area contributed by atoms with Crippen LogP contribution >= 0.6 is 11.8 Å². The Balaban J connectivity index is 1.92. The molecule has 0 saturated carbocycles. The average Bonchev–Trinajstić information content (AvgIpc) is 2.93. The highest BCUT2D eigenvalue weighted by Gasteiger charge is 2.44. The molecule has 0 amide bonds. The molecular weight excluding hydrogens is 367 g/mol. The number of alkyl halides is 3. The van der Waals surface area contributed by atoms with E-state index in [2.05, 4.69) is 25.3 Å². The van der Waals surface area contributed by atoms with Crippen LogP contribution in [0.2, 0.25) is 0 Å². The number of hydrogen-bond acceptors (Lipinski definition) is 2. The summed E-state index contributed by atoms with van der Waals surface area (Å²) in [5.41, 5.74) is 0.732. The topological polar surface area (TPSA) is 3.24 Å². The molecule has 1 spiro atoms. The van der Waals surface area contributed by atoms with E-state index in [0.29, 0.717) is 18.3 Å². The molecule has 1 atom stereocenters. The lowest BCUT2D eigenvalue weighted by Crippen LogP contribution is -2.40. The minimum Gasteiger partial charge on any atom is -0.302 e. The van der Waals surface area contributed by atoms with E-state index >= 15 is 0 Å². The van der Waals surface area contributed by atoms with Crippen molar-refractivity contribution in [2.24, 2.45) is 16.7 Å². The molecule has 2 fully saturated rings. The van der Waals surface area contributed by atoms with Gasteiger partial charge in [-0.3, -0.25) is 0 Å². The van der Waals surface area contributed by atoms with Gasteiger partial charge in [0.15, 0.2) is 0 Å². The number of hydrogen-bond donors (Lipinski definition) is 0. The molecule has 1 nitrogen and oxygen atoms in total. The van der Waals surface area contributed by atoms with Gasteiger partial charge in [-0.15, -0.1) is 0 Å². The Labute approximate surface area is 167 Å². The molecule has 0 radical (unpaired) electrons. The number of likely N-dealkylation sites (tertiary alicyclic amines) is 1. The van der Waals surface area contributed by atoms with Crippen LogP contribution in [0.1, 0.15) is 47.0 Å². The first-order chi connectivity index (χ1) is 12.4. The van der Waals surface area contributed by atoms with Gasteiger partial charge in [0.25, 0.3) is 0 Å². The molecule has 0 aromatic rings. The predicted molar refractivity (Wildman–Crippen MR) is 111 cm³/mol. The van der Waals surface area contributed by atoms with Gasteiger partial charge >= 0.3 is 6.18 Å². The van der Waals surface area contributed by atoms with Crippen LogP contribution in [0.4, 0.5) is 13.2 Å². The van der Waals surface area contributed by atoms with Crippen LogP contribution in [0.15, 0.2) is 36.0 Å². The van der Waals surface area contributed by atoms with Crippen molar-refractivity contribution >= 4 is 11.8 Å². The van der Waals surface area contributed by atoms with Crippen LogP contribution in [-0.2, 0) is 0 Å². The highest BCUT2D eigenvalue weighted by molar-refractivity contribution is 8.00. The molecule has 2 rings (SSSR count). The smallest absolute Gasteiger partial charge is 0.302 e. The SMILES string of the molecule is C=C(/C=C\C(=C/[C@H](C)CC)C(F)(F)F)CC(C)(C)CN1CCC2(CSC2)C1. The van der Waals surface area contributed by atoms with Gasteiger partial charge in [0.05, 0.1) is 5.57 Å².